The van der Waals surface area contributed by atoms with Crippen LogP contribution in [0.1, 0.15) is 21.5 Å². The summed E-state index contributed by atoms with van der Waals surface area (Å²) in [5.74, 6) is -0.942. The zero-order valence-corrected chi connectivity index (χ0v) is 15.6. The van der Waals surface area contributed by atoms with Crippen molar-refractivity contribution in [2.75, 3.05) is 13.2 Å². The molecule has 1 aliphatic heterocycles. The van der Waals surface area contributed by atoms with E-state index in [1.54, 1.807) is 24.3 Å². The second kappa shape index (κ2) is 9.22. The van der Waals surface area contributed by atoms with Crippen LogP contribution in [0.25, 0.3) is 0 Å². The van der Waals surface area contributed by atoms with E-state index in [0.717, 1.165) is 11.1 Å². The van der Waals surface area contributed by atoms with Crippen molar-refractivity contribution in [3.05, 3.63) is 71.3 Å². The van der Waals surface area contributed by atoms with Gasteiger partial charge in [0.15, 0.2) is 5.29 Å². The largest absolute Gasteiger partial charge is 0.603 e. The highest BCUT2D eigenvalue weighted by Crippen LogP contribution is 2.19. The molecule has 0 radical (unpaired) electrons. The van der Waals surface area contributed by atoms with Crippen molar-refractivity contribution in [2.45, 2.75) is 25.0 Å². The summed E-state index contributed by atoms with van der Waals surface area (Å²) in [6.45, 7) is 0.897. The molecule has 0 bridgehead atoms. The first-order valence-corrected chi connectivity index (χ1v) is 9.97. The standard InChI is InChI=1S/C20H22NO5P/c22-20(23)16-8-6-15(7-9-16)10-17-13-26-18(12-21-17)19(27(24)25)11-14-4-2-1-3-5-14/h1-9,17-18,21H,10-13H2,(H,22,23)(H,24,25)/t17-,18+/m1/s1. The van der Waals surface area contributed by atoms with E-state index in [9.17, 15) is 14.6 Å². The Hall–Kier alpha value is -2.08. The molecule has 3 atom stereocenters. The second-order valence-electron chi connectivity index (χ2n) is 6.56. The minimum Gasteiger partial charge on any atom is -0.603 e. The smallest absolute Gasteiger partial charge is 0.335 e. The average molecular weight is 387 g/mol. The molecule has 1 unspecified atom stereocenters. The Kier molecular flexibility index (Phi) is 6.72. The fourth-order valence-corrected chi connectivity index (χ4v) is 3.88. The minimum atomic E-state index is -2.44. The van der Waals surface area contributed by atoms with Gasteiger partial charge < -0.3 is 20.1 Å². The lowest BCUT2D eigenvalue weighted by atomic mass is 10.0. The summed E-state index contributed by atoms with van der Waals surface area (Å²) in [5, 5.41) is 12.8. The molecule has 1 saturated heterocycles. The van der Waals surface area contributed by atoms with Crippen molar-refractivity contribution in [2.24, 2.45) is 0 Å². The highest BCUT2D eigenvalue weighted by Gasteiger charge is 2.29. The van der Waals surface area contributed by atoms with Gasteiger partial charge in [0.2, 0.25) is 8.00 Å². The van der Waals surface area contributed by atoms with E-state index in [1.165, 1.54) is 0 Å². The van der Waals surface area contributed by atoms with Gasteiger partial charge in [0, 0.05) is 19.0 Å². The third-order valence-electron chi connectivity index (χ3n) is 4.62. The lowest BCUT2D eigenvalue weighted by molar-refractivity contribution is -0.168. The number of hydrogen-bond acceptors (Lipinski definition) is 5. The van der Waals surface area contributed by atoms with Crippen LogP contribution in [0.5, 0.6) is 0 Å². The molecule has 7 heteroatoms. The molecule has 2 aromatic rings. The molecule has 2 aromatic carbocycles. The minimum absolute atomic E-state index is 0.0754. The first-order valence-electron chi connectivity index (χ1n) is 8.76. The Balaban J connectivity index is 1.57. The van der Waals surface area contributed by atoms with Crippen molar-refractivity contribution in [3.8, 4) is 0 Å². The molecule has 0 saturated carbocycles. The Labute approximate surface area is 159 Å². The number of carboxylic acid groups (broad SMARTS) is 1. The van der Waals surface area contributed by atoms with E-state index in [-0.39, 0.29) is 11.6 Å². The van der Waals surface area contributed by atoms with Gasteiger partial charge in [-0.05, 0) is 29.7 Å². The Morgan fingerprint density at radius 2 is 1.85 bits per heavy atom. The Morgan fingerprint density at radius 3 is 2.41 bits per heavy atom. The number of morpholine rings is 1. The molecule has 3 rings (SSSR count). The van der Waals surface area contributed by atoms with Gasteiger partial charge in [-0.1, -0.05) is 42.5 Å². The lowest BCUT2D eigenvalue weighted by Gasteiger charge is -2.30. The SMILES string of the molecule is O=C(O)c1ccc(C[C@@H]2CO[C@H](C(Cc3ccccc3)=[P+]([O-])O)CN2)cc1. The molecule has 0 aliphatic carbocycles. The van der Waals surface area contributed by atoms with Gasteiger partial charge in [-0.3, -0.25) is 0 Å². The van der Waals surface area contributed by atoms with Crippen molar-refractivity contribution in [3.63, 3.8) is 0 Å². The molecule has 0 aromatic heterocycles. The zero-order valence-electron chi connectivity index (χ0n) is 14.7. The summed E-state index contributed by atoms with van der Waals surface area (Å²) in [5.41, 5.74) is 2.26. The molecule has 1 aliphatic rings. The van der Waals surface area contributed by atoms with Gasteiger partial charge in [-0.25, -0.2) is 4.79 Å². The summed E-state index contributed by atoms with van der Waals surface area (Å²) in [4.78, 5) is 32.4. The maximum Gasteiger partial charge on any atom is 0.335 e. The zero-order chi connectivity index (χ0) is 19.2. The maximum atomic E-state index is 11.8. The van der Waals surface area contributed by atoms with Gasteiger partial charge in [0.25, 0.3) is 0 Å². The molecule has 27 heavy (non-hydrogen) atoms. The van der Waals surface area contributed by atoms with Gasteiger partial charge in [0.1, 0.15) is 6.10 Å². The first kappa shape index (κ1) is 19.7. The molecule has 3 N–H and O–H groups in total. The number of nitrogens with one attached hydrogen (secondary N) is 1. The Morgan fingerprint density at radius 1 is 1.15 bits per heavy atom. The summed E-state index contributed by atoms with van der Waals surface area (Å²) in [7, 11) is -2.44. The van der Waals surface area contributed by atoms with E-state index < -0.39 is 20.1 Å². The molecule has 0 amide bonds. The van der Waals surface area contributed by atoms with Crippen LogP contribution in [0.2, 0.25) is 0 Å². The number of ether oxygens (including phenoxy) is 1. The number of carbonyl (C=O) groups is 1. The van der Waals surface area contributed by atoms with Crippen LogP contribution in [-0.2, 0) is 17.6 Å². The summed E-state index contributed by atoms with van der Waals surface area (Å²) in [6, 6.07) is 16.4. The number of benzene rings is 2. The van der Waals surface area contributed by atoms with Crippen LogP contribution in [0.4, 0.5) is 0 Å². The van der Waals surface area contributed by atoms with Crippen molar-refractivity contribution < 1.29 is 24.4 Å². The number of rotatable bonds is 6. The summed E-state index contributed by atoms with van der Waals surface area (Å²) < 4.78 is 5.88. The third kappa shape index (κ3) is 5.45. The van der Waals surface area contributed by atoms with E-state index >= 15 is 0 Å². The highest BCUT2D eigenvalue weighted by molar-refractivity contribution is 7.46. The van der Waals surface area contributed by atoms with E-state index in [4.69, 9.17) is 9.84 Å². The lowest BCUT2D eigenvalue weighted by Crippen LogP contribution is -2.50. The Bertz CT molecular complexity index is 795. The van der Waals surface area contributed by atoms with Gasteiger partial charge in [-0.2, -0.15) is 4.89 Å². The molecule has 1 heterocycles. The molecule has 0 spiro atoms. The van der Waals surface area contributed by atoms with E-state index in [2.05, 4.69) is 5.32 Å². The predicted octanol–water partition coefficient (Wildman–Crippen LogP) is 1.36. The van der Waals surface area contributed by atoms with Crippen molar-refractivity contribution >= 4 is 19.3 Å². The summed E-state index contributed by atoms with van der Waals surface area (Å²) in [6.07, 6.45) is 0.719. The van der Waals surface area contributed by atoms with E-state index in [0.29, 0.717) is 31.3 Å². The van der Waals surface area contributed by atoms with Crippen LogP contribution >= 0.6 is 8.00 Å². The summed E-state index contributed by atoms with van der Waals surface area (Å²) >= 11 is 0. The van der Waals surface area contributed by atoms with E-state index in [1.807, 2.05) is 30.3 Å². The topological polar surface area (TPSA) is 102 Å². The fraction of sp³-hybridized carbons (Fsp3) is 0.300. The third-order valence-corrected chi connectivity index (χ3v) is 5.56. The van der Waals surface area contributed by atoms with Crippen LogP contribution in [-0.4, -0.2) is 46.6 Å². The second-order valence-corrected chi connectivity index (χ2v) is 7.68. The van der Waals surface area contributed by atoms with Gasteiger partial charge >= 0.3 is 5.97 Å². The van der Waals surface area contributed by atoms with Gasteiger partial charge in [-0.15, -0.1) is 0 Å². The molecule has 1 fully saturated rings. The average Bonchev–Trinajstić information content (AvgIpc) is 2.68. The highest BCUT2D eigenvalue weighted by atomic mass is 31.1. The fourth-order valence-electron chi connectivity index (χ4n) is 3.15. The van der Waals surface area contributed by atoms with Crippen LogP contribution in [0.3, 0.4) is 0 Å². The van der Waals surface area contributed by atoms with Crippen molar-refractivity contribution in [1.82, 2.24) is 5.32 Å². The number of aromatic carboxylic acids is 1. The number of carboxylic acids is 1. The molecular formula is C20H22NO5P. The monoisotopic (exact) mass is 387 g/mol. The number of hydrogen-bond donors (Lipinski definition) is 3. The van der Waals surface area contributed by atoms with Crippen LogP contribution in [0.15, 0.2) is 54.6 Å². The van der Waals surface area contributed by atoms with Crippen LogP contribution in [0, 0.1) is 0 Å². The van der Waals surface area contributed by atoms with Gasteiger partial charge in [0.05, 0.1) is 12.2 Å². The molecular weight excluding hydrogens is 365 g/mol. The predicted molar refractivity (Wildman–Crippen MR) is 103 cm³/mol. The maximum absolute atomic E-state index is 11.8. The normalized spacial score (nSPS) is 20.8. The molecule has 142 valence electrons. The van der Waals surface area contributed by atoms with Crippen molar-refractivity contribution in [1.29, 1.82) is 0 Å². The van der Waals surface area contributed by atoms with Crippen LogP contribution < -0.4 is 10.2 Å². The quantitative estimate of drug-likeness (QED) is 0.647. The first-order chi connectivity index (χ1) is 13.0. The molecule has 6 nitrogen and oxygen atoms in total.